The number of aromatic carboxylic acids is 1. The van der Waals surface area contributed by atoms with Crippen LogP contribution in [0.2, 0.25) is 5.02 Å². The van der Waals surface area contributed by atoms with E-state index in [-0.39, 0.29) is 5.69 Å². The summed E-state index contributed by atoms with van der Waals surface area (Å²) in [5.74, 6) is -0.310. The molecule has 100 valence electrons. The van der Waals surface area contributed by atoms with Crippen molar-refractivity contribution in [2.24, 2.45) is 0 Å². The summed E-state index contributed by atoms with van der Waals surface area (Å²) < 4.78 is 1.78. The first-order chi connectivity index (χ1) is 9.16. The van der Waals surface area contributed by atoms with E-state index in [1.807, 2.05) is 6.20 Å². The van der Waals surface area contributed by atoms with Crippen LogP contribution in [0.4, 0.5) is 0 Å². The first kappa shape index (κ1) is 12.4. The predicted octanol–water partition coefficient (Wildman–Crippen LogP) is 2.28. The first-order valence-corrected chi connectivity index (χ1v) is 6.65. The highest BCUT2D eigenvalue weighted by molar-refractivity contribution is 6.34. The molecule has 5 nitrogen and oxygen atoms in total. The number of likely N-dealkylation sites (tertiary alicyclic amines) is 1. The van der Waals surface area contributed by atoms with E-state index in [1.165, 1.54) is 12.8 Å². The molecule has 0 unspecified atom stereocenters. The first-order valence-electron chi connectivity index (χ1n) is 6.28. The average Bonchev–Trinajstić information content (AvgIpc) is 2.99. The number of carboxylic acid groups (broad SMARTS) is 1. The van der Waals surface area contributed by atoms with Gasteiger partial charge in [0, 0.05) is 6.20 Å². The summed E-state index contributed by atoms with van der Waals surface area (Å²) in [4.78, 5) is 17.8. The van der Waals surface area contributed by atoms with Crippen LogP contribution in [0.3, 0.4) is 0 Å². The van der Waals surface area contributed by atoms with Gasteiger partial charge in [-0.25, -0.2) is 9.78 Å². The lowest BCUT2D eigenvalue weighted by Crippen LogP contribution is -2.20. The summed E-state index contributed by atoms with van der Waals surface area (Å²) in [6, 6.07) is 3.49. The number of nitrogens with zero attached hydrogens (tertiary/aromatic N) is 3. The van der Waals surface area contributed by atoms with Gasteiger partial charge < -0.3 is 9.51 Å². The lowest BCUT2D eigenvalue weighted by Gasteiger charge is -2.13. The lowest BCUT2D eigenvalue weighted by atomic mass is 10.3. The molecule has 1 N–H and O–H groups in total. The molecule has 1 aliphatic heterocycles. The number of imidazole rings is 1. The van der Waals surface area contributed by atoms with Gasteiger partial charge in [-0.3, -0.25) is 4.90 Å². The molecule has 6 heteroatoms. The Morgan fingerprint density at radius 3 is 2.84 bits per heavy atom. The Morgan fingerprint density at radius 2 is 2.16 bits per heavy atom. The van der Waals surface area contributed by atoms with Gasteiger partial charge in [0.1, 0.15) is 5.82 Å². The number of fused-ring (bicyclic) bond motifs is 1. The maximum atomic E-state index is 11.3. The van der Waals surface area contributed by atoms with Crippen LogP contribution in [-0.4, -0.2) is 38.4 Å². The van der Waals surface area contributed by atoms with Crippen molar-refractivity contribution in [1.82, 2.24) is 14.3 Å². The molecule has 0 saturated carbocycles. The number of hydrogen-bond acceptors (Lipinski definition) is 3. The number of carboxylic acids is 1. The van der Waals surface area contributed by atoms with Crippen LogP contribution in [0.5, 0.6) is 0 Å². The molecule has 1 fully saturated rings. The molecule has 0 radical (unpaired) electrons. The van der Waals surface area contributed by atoms with Gasteiger partial charge in [0.15, 0.2) is 5.69 Å². The molecule has 1 aliphatic rings. The van der Waals surface area contributed by atoms with Gasteiger partial charge >= 0.3 is 5.97 Å². The van der Waals surface area contributed by atoms with Crippen molar-refractivity contribution in [3.63, 3.8) is 0 Å². The second-order valence-corrected chi connectivity index (χ2v) is 5.15. The number of carbonyl (C=O) groups is 1. The van der Waals surface area contributed by atoms with E-state index in [0.29, 0.717) is 17.1 Å². The van der Waals surface area contributed by atoms with Crippen molar-refractivity contribution in [3.05, 3.63) is 34.9 Å². The van der Waals surface area contributed by atoms with Crippen LogP contribution in [0.25, 0.3) is 5.52 Å². The molecule has 0 amide bonds. The molecule has 0 aromatic carbocycles. The topological polar surface area (TPSA) is 57.8 Å². The molecule has 2 aromatic heterocycles. The van der Waals surface area contributed by atoms with Crippen molar-refractivity contribution in [1.29, 1.82) is 0 Å². The lowest BCUT2D eigenvalue weighted by molar-refractivity contribution is 0.0693. The largest absolute Gasteiger partial charge is 0.476 e. The highest BCUT2D eigenvalue weighted by Gasteiger charge is 2.21. The van der Waals surface area contributed by atoms with Gasteiger partial charge in [0.25, 0.3) is 0 Å². The Balaban J connectivity index is 2.09. The number of pyridine rings is 1. The predicted molar refractivity (Wildman–Crippen MR) is 71.7 cm³/mol. The zero-order valence-corrected chi connectivity index (χ0v) is 11.1. The maximum absolute atomic E-state index is 11.3. The Hall–Kier alpha value is -1.59. The summed E-state index contributed by atoms with van der Waals surface area (Å²) in [5.41, 5.74) is 0.505. The Morgan fingerprint density at radius 1 is 1.42 bits per heavy atom. The fraction of sp³-hybridized carbons (Fsp3) is 0.385. The standard InChI is InChI=1S/C13H14ClN3O2/c14-9-4-3-7-17-10(8-16-5-1-2-6-16)15-11(12(9)17)13(18)19/h3-4,7H,1-2,5-6,8H2,(H,18,19). The minimum atomic E-state index is -1.04. The van der Waals surface area contributed by atoms with Crippen molar-refractivity contribution < 1.29 is 9.90 Å². The van der Waals surface area contributed by atoms with E-state index < -0.39 is 5.97 Å². The van der Waals surface area contributed by atoms with E-state index >= 15 is 0 Å². The van der Waals surface area contributed by atoms with Crippen LogP contribution in [0, 0.1) is 0 Å². The minimum Gasteiger partial charge on any atom is -0.476 e. The summed E-state index contributed by atoms with van der Waals surface area (Å²) >= 11 is 6.10. The third kappa shape index (κ3) is 2.19. The summed E-state index contributed by atoms with van der Waals surface area (Å²) in [6.45, 7) is 2.74. The molecular weight excluding hydrogens is 266 g/mol. The maximum Gasteiger partial charge on any atom is 0.356 e. The van der Waals surface area contributed by atoms with Gasteiger partial charge in [-0.15, -0.1) is 0 Å². The van der Waals surface area contributed by atoms with E-state index in [0.717, 1.165) is 18.9 Å². The van der Waals surface area contributed by atoms with E-state index in [2.05, 4.69) is 9.88 Å². The SMILES string of the molecule is O=C(O)c1nc(CN2CCCC2)n2cccc(Cl)c12. The molecular formula is C13H14ClN3O2. The zero-order chi connectivity index (χ0) is 13.4. The minimum absolute atomic E-state index is 0.0276. The third-order valence-electron chi connectivity index (χ3n) is 3.45. The molecule has 0 atom stereocenters. The number of aromatic nitrogens is 2. The van der Waals surface area contributed by atoms with Crippen molar-refractivity contribution in [2.45, 2.75) is 19.4 Å². The highest BCUT2D eigenvalue weighted by Crippen LogP contribution is 2.23. The van der Waals surface area contributed by atoms with Gasteiger partial charge in [-0.1, -0.05) is 11.6 Å². The van der Waals surface area contributed by atoms with Crippen molar-refractivity contribution >= 4 is 23.1 Å². The van der Waals surface area contributed by atoms with Crippen LogP contribution >= 0.6 is 11.6 Å². The normalized spacial score (nSPS) is 16.3. The van der Waals surface area contributed by atoms with Crippen molar-refractivity contribution in [3.8, 4) is 0 Å². The smallest absolute Gasteiger partial charge is 0.356 e. The molecule has 2 aromatic rings. The Kier molecular flexibility index (Phi) is 3.16. The monoisotopic (exact) mass is 279 g/mol. The second-order valence-electron chi connectivity index (χ2n) is 4.74. The van der Waals surface area contributed by atoms with E-state index in [4.69, 9.17) is 11.6 Å². The summed E-state index contributed by atoms with van der Waals surface area (Å²) in [7, 11) is 0. The van der Waals surface area contributed by atoms with Gasteiger partial charge in [0.2, 0.25) is 0 Å². The Labute approximate surface area is 115 Å². The molecule has 19 heavy (non-hydrogen) atoms. The number of halogens is 1. The van der Waals surface area contributed by atoms with E-state index in [1.54, 1.807) is 16.5 Å². The van der Waals surface area contributed by atoms with Gasteiger partial charge in [-0.05, 0) is 38.1 Å². The zero-order valence-electron chi connectivity index (χ0n) is 10.3. The number of hydrogen-bond donors (Lipinski definition) is 1. The third-order valence-corrected chi connectivity index (χ3v) is 3.76. The molecule has 3 rings (SSSR count). The average molecular weight is 280 g/mol. The van der Waals surface area contributed by atoms with Crippen LogP contribution < -0.4 is 0 Å². The van der Waals surface area contributed by atoms with Gasteiger partial charge in [-0.2, -0.15) is 0 Å². The molecule has 0 bridgehead atoms. The summed E-state index contributed by atoms with van der Waals surface area (Å²) in [5, 5.41) is 9.65. The molecule has 1 saturated heterocycles. The fourth-order valence-electron chi connectivity index (χ4n) is 2.56. The molecule has 0 spiro atoms. The van der Waals surface area contributed by atoms with Crippen molar-refractivity contribution in [2.75, 3.05) is 13.1 Å². The Bertz CT molecular complexity index is 632. The van der Waals surface area contributed by atoms with E-state index in [9.17, 15) is 9.90 Å². The second kappa shape index (κ2) is 4.83. The van der Waals surface area contributed by atoms with Crippen LogP contribution in [-0.2, 0) is 6.54 Å². The highest BCUT2D eigenvalue weighted by atomic mass is 35.5. The summed E-state index contributed by atoms with van der Waals surface area (Å²) in [6.07, 6.45) is 4.19. The van der Waals surface area contributed by atoms with Crippen LogP contribution in [0.15, 0.2) is 18.3 Å². The quantitative estimate of drug-likeness (QED) is 0.936. The van der Waals surface area contributed by atoms with Crippen LogP contribution in [0.1, 0.15) is 29.2 Å². The van der Waals surface area contributed by atoms with Gasteiger partial charge in [0.05, 0.1) is 17.1 Å². The fourth-order valence-corrected chi connectivity index (χ4v) is 2.81. The number of rotatable bonds is 3. The molecule has 0 aliphatic carbocycles. The molecule has 3 heterocycles.